The summed E-state index contributed by atoms with van der Waals surface area (Å²) in [6.45, 7) is 1.10. The monoisotopic (exact) mass is 467 g/mol. The fraction of sp³-hybridized carbons (Fsp3) is 0.389. The van der Waals surface area contributed by atoms with E-state index in [0.717, 1.165) is 10.0 Å². The molecule has 1 fully saturated rings. The average Bonchev–Trinajstić information content (AvgIpc) is 3.42. The lowest BCUT2D eigenvalue weighted by atomic mass is 10.1. The molecule has 1 saturated carbocycles. The number of fused-ring (bicyclic) bond motifs is 1. The minimum atomic E-state index is 0.0947. The number of nitrogens with zero attached hydrogens (tertiary/aromatic N) is 4. The summed E-state index contributed by atoms with van der Waals surface area (Å²) in [5.41, 5.74) is 7.69. The number of ether oxygens (including phenoxy) is 3. The molecule has 10 heteroatoms. The lowest BCUT2D eigenvalue weighted by molar-refractivity contribution is 0.262. The van der Waals surface area contributed by atoms with Crippen LogP contribution in [0.4, 0.5) is 5.95 Å². The van der Waals surface area contributed by atoms with Crippen LogP contribution in [0.15, 0.2) is 16.9 Å². The molecule has 2 heterocycles. The van der Waals surface area contributed by atoms with Crippen molar-refractivity contribution in [3.63, 3.8) is 0 Å². The third-order valence-electron chi connectivity index (χ3n) is 4.58. The molecule has 8 nitrogen and oxygen atoms in total. The van der Waals surface area contributed by atoms with Gasteiger partial charge in [0.25, 0.3) is 0 Å². The molecule has 0 amide bonds. The highest BCUT2D eigenvalue weighted by atomic mass is 79.9. The molecule has 1 aliphatic rings. The maximum absolute atomic E-state index is 6.12. The molecule has 2 aromatic heterocycles. The predicted octanol–water partition coefficient (Wildman–Crippen LogP) is 3.68. The highest BCUT2D eigenvalue weighted by Gasteiger charge is 2.26. The molecule has 1 aliphatic carbocycles. The Kier molecular flexibility index (Phi) is 5.20. The molecule has 0 saturated heterocycles. The van der Waals surface area contributed by atoms with Gasteiger partial charge in [0.05, 0.1) is 38.2 Å². The van der Waals surface area contributed by atoms with E-state index in [4.69, 9.17) is 31.5 Å². The highest BCUT2D eigenvalue weighted by molar-refractivity contribution is 9.10. The van der Waals surface area contributed by atoms with Crippen molar-refractivity contribution in [3.05, 3.63) is 27.6 Å². The second-order valence-corrected chi connectivity index (χ2v) is 7.74. The molecule has 1 aromatic carbocycles. The van der Waals surface area contributed by atoms with Gasteiger partial charge in [-0.25, -0.2) is 4.98 Å². The first-order valence-corrected chi connectivity index (χ1v) is 9.89. The zero-order valence-electron chi connectivity index (χ0n) is 15.4. The number of halogens is 2. The third kappa shape index (κ3) is 3.56. The number of imidazole rings is 1. The Labute approximate surface area is 175 Å². The van der Waals surface area contributed by atoms with Crippen LogP contribution < -0.4 is 19.9 Å². The Morgan fingerprint density at radius 1 is 1.25 bits per heavy atom. The maximum Gasteiger partial charge on any atom is 0.223 e. The summed E-state index contributed by atoms with van der Waals surface area (Å²) in [5.74, 6) is 2.49. The van der Waals surface area contributed by atoms with Gasteiger partial charge in [0, 0.05) is 0 Å². The molecule has 0 atom stereocenters. The van der Waals surface area contributed by atoms with Gasteiger partial charge in [0.2, 0.25) is 11.7 Å². The molecule has 2 N–H and O–H groups in total. The summed E-state index contributed by atoms with van der Waals surface area (Å²) in [4.78, 5) is 12.5. The van der Waals surface area contributed by atoms with Crippen molar-refractivity contribution < 1.29 is 14.2 Å². The van der Waals surface area contributed by atoms with Crippen LogP contribution in [-0.2, 0) is 6.54 Å². The Balaban J connectivity index is 1.73. The van der Waals surface area contributed by atoms with Gasteiger partial charge in [0.1, 0.15) is 5.52 Å². The minimum Gasteiger partial charge on any atom is -0.493 e. The number of nitrogen functional groups attached to an aromatic ring is 1. The fourth-order valence-corrected chi connectivity index (χ4v) is 3.74. The van der Waals surface area contributed by atoms with Crippen molar-refractivity contribution in [3.8, 4) is 17.2 Å². The van der Waals surface area contributed by atoms with Crippen LogP contribution in [0.5, 0.6) is 17.2 Å². The SMILES string of the molecule is COc1cc(Cn2cnc3c(Cl)nc(N)nc32)c(Br)c(OC)c1OCC1CC1. The van der Waals surface area contributed by atoms with Crippen LogP contribution in [-0.4, -0.2) is 40.3 Å². The summed E-state index contributed by atoms with van der Waals surface area (Å²) in [6, 6.07) is 1.91. The molecule has 4 rings (SSSR count). The van der Waals surface area contributed by atoms with Gasteiger partial charge in [-0.05, 0) is 46.3 Å². The molecule has 0 bridgehead atoms. The first kappa shape index (κ1) is 19.1. The second-order valence-electron chi connectivity index (χ2n) is 6.59. The van der Waals surface area contributed by atoms with Gasteiger partial charge in [0.15, 0.2) is 22.3 Å². The average molecular weight is 469 g/mol. The lowest BCUT2D eigenvalue weighted by Crippen LogP contribution is -2.07. The van der Waals surface area contributed by atoms with E-state index in [1.807, 2.05) is 10.6 Å². The van der Waals surface area contributed by atoms with E-state index in [1.54, 1.807) is 20.5 Å². The summed E-state index contributed by atoms with van der Waals surface area (Å²) in [7, 11) is 3.21. The van der Waals surface area contributed by atoms with Crippen LogP contribution in [0.1, 0.15) is 18.4 Å². The van der Waals surface area contributed by atoms with E-state index >= 15 is 0 Å². The molecule has 0 radical (unpaired) electrons. The Hall–Kier alpha value is -2.26. The highest BCUT2D eigenvalue weighted by Crippen LogP contribution is 2.46. The number of hydrogen-bond donors (Lipinski definition) is 1. The van der Waals surface area contributed by atoms with Gasteiger partial charge < -0.3 is 24.5 Å². The van der Waals surface area contributed by atoms with E-state index in [1.165, 1.54) is 12.8 Å². The van der Waals surface area contributed by atoms with Crippen LogP contribution in [0, 0.1) is 5.92 Å². The minimum absolute atomic E-state index is 0.0947. The smallest absolute Gasteiger partial charge is 0.223 e. The zero-order chi connectivity index (χ0) is 19.8. The molecular weight excluding hydrogens is 450 g/mol. The number of hydrogen-bond acceptors (Lipinski definition) is 7. The first-order chi connectivity index (χ1) is 13.5. The van der Waals surface area contributed by atoms with Crippen molar-refractivity contribution in [1.29, 1.82) is 0 Å². The largest absolute Gasteiger partial charge is 0.493 e. The summed E-state index contributed by atoms with van der Waals surface area (Å²) in [6.07, 6.45) is 4.05. The van der Waals surface area contributed by atoms with E-state index in [2.05, 4.69) is 30.9 Å². The van der Waals surface area contributed by atoms with Crippen molar-refractivity contribution in [1.82, 2.24) is 19.5 Å². The van der Waals surface area contributed by atoms with E-state index in [9.17, 15) is 0 Å². The zero-order valence-corrected chi connectivity index (χ0v) is 17.7. The normalized spacial score (nSPS) is 13.7. The van der Waals surface area contributed by atoms with Gasteiger partial charge in [-0.1, -0.05) is 11.6 Å². The number of rotatable bonds is 7. The van der Waals surface area contributed by atoms with E-state index in [-0.39, 0.29) is 11.1 Å². The number of aromatic nitrogens is 4. The lowest BCUT2D eigenvalue weighted by Gasteiger charge is -2.18. The van der Waals surface area contributed by atoms with Crippen LogP contribution >= 0.6 is 27.5 Å². The summed E-state index contributed by atoms with van der Waals surface area (Å²) in [5, 5.41) is 0.222. The Bertz CT molecular complexity index is 1040. The molecule has 148 valence electrons. The van der Waals surface area contributed by atoms with Crippen LogP contribution in [0.2, 0.25) is 5.15 Å². The van der Waals surface area contributed by atoms with E-state index in [0.29, 0.717) is 47.5 Å². The molecule has 3 aromatic rings. The standard InChI is InChI=1S/C18H19BrClN5O3/c1-26-11-5-10(12(19)15(27-2)14(11)28-7-9-3-4-9)6-25-8-22-13-16(20)23-18(21)24-17(13)25/h5,8-9H,3-4,6-7H2,1-2H3,(H2,21,23,24). The number of anilines is 1. The molecule has 0 unspecified atom stereocenters. The van der Waals surface area contributed by atoms with Crippen molar-refractivity contribution in [2.75, 3.05) is 26.6 Å². The number of nitrogens with two attached hydrogens (primary N) is 1. The van der Waals surface area contributed by atoms with Gasteiger partial charge >= 0.3 is 0 Å². The number of methoxy groups -OCH3 is 2. The topological polar surface area (TPSA) is 97.3 Å². The third-order valence-corrected chi connectivity index (χ3v) is 5.71. The quantitative estimate of drug-likeness (QED) is 0.528. The van der Waals surface area contributed by atoms with E-state index < -0.39 is 0 Å². The maximum atomic E-state index is 6.12. The first-order valence-electron chi connectivity index (χ1n) is 8.71. The number of benzene rings is 1. The van der Waals surface area contributed by atoms with Crippen molar-refractivity contribution >= 4 is 44.6 Å². The van der Waals surface area contributed by atoms with Gasteiger partial charge in [-0.3, -0.25) is 0 Å². The molecule has 28 heavy (non-hydrogen) atoms. The second kappa shape index (κ2) is 7.63. The molecule has 0 aliphatic heterocycles. The summed E-state index contributed by atoms with van der Waals surface area (Å²) < 4.78 is 19.8. The van der Waals surface area contributed by atoms with Crippen molar-refractivity contribution in [2.45, 2.75) is 19.4 Å². The Morgan fingerprint density at radius 2 is 2.04 bits per heavy atom. The van der Waals surface area contributed by atoms with Crippen molar-refractivity contribution in [2.24, 2.45) is 5.92 Å². The van der Waals surface area contributed by atoms with Crippen LogP contribution in [0.3, 0.4) is 0 Å². The van der Waals surface area contributed by atoms with Gasteiger partial charge in [-0.2, -0.15) is 9.97 Å². The molecule has 0 spiro atoms. The Morgan fingerprint density at radius 3 is 2.71 bits per heavy atom. The summed E-state index contributed by atoms with van der Waals surface area (Å²) >= 11 is 9.76. The van der Waals surface area contributed by atoms with Crippen LogP contribution in [0.25, 0.3) is 11.2 Å². The fourth-order valence-electron chi connectivity index (χ4n) is 2.94. The van der Waals surface area contributed by atoms with Gasteiger partial charge in [-0.15, -0.1) is 0 Å². The predicted molar refractivity (Wildman–Crippen MR) is 109 cm³/mol. The molecular formula is C18H19BrClN5O3.